The molecule has 1 saturated carbocycles. The second-order valence-corrected chi connectivity index (χ2v) is 6.40. The van der Waals surface area contributed by atoms with Crippen molar-refractivity contribution in [3.8, 4) is 0 Å². The second kappa shape index (κ2) is 5.92. The molecule has 1 fully saturated rings. The van der Waals surface area contributed by atoms with Crippen molar-refractivity contribution in [2.24, 2.45) is 0 Å². The quantitative estimate of drug-likeness (QED) is 0.710. The minimum absolute atomic E-state index is 0.184. The molecule has 0 amide bonds. The van der Waals surface area contributed by atoms with Gasteiger partial charge in [-0.2, -0.15) is 0 Å². The molecule has 20 heavy (non-hydrogen) atoms. The van der Waals surface area contributed by atoms with Crippen LogP contribution in [0.3, 0.4) is 0 Å². The predicted octanol–water partition coefficient (Wildman–Crippen LogP) is 5.14. The molecule has 0 aliphatic heterocycles. The summed E-state index contributed by atoms with van der Waals surface area (Å²) in [7, 11) is 0. The topological polar surface area (TPSA) is 17.1 Å². The van der Waals surface area contributed by atoms with Gasteiger partial charge in [0, 0.05) is 16.5 Å². The van der Waals surface area contributed by atoms with Crippen LogP contribution in [-0.2, 0) is 6.42 Å². The molecular weight excluding hydrogens is 312 g/mol. The SMILES string of the molecule is O=C(Cc1cccc(Br)c1)c1ccc(C2CCC2)cc1. The number of halogens is 1. The van der Waals surface area contributed by atoms with Crippen molar-refractivity contribution in [1.29, 1.82) is 0 Å². The van der Waals surface area contributed by atoms with Gasteiger partial charge in [-0.15, -0.1) is 0 Å². The Morgan fingerprint density at radius 1 is 1.10 bits per heavy atom. The zero-order valence-electron chi connectivity index (χ0n) is 11.3. The molecule has 3 rings (SSSR count). The van der Waals surface area contributed by atoms with Crippen LogP contribution >= 0.6 is 15.9 Å². The normalized spacial score (nSPS) is 14.8. The summed E-state index contributed by atoms with van der Waals surface area (Å²) in [6, 6.07) is 16.1. The molecule has 0 unspecified atom stereocenters. The summed E-state index contributed by atoms with van der Waals surface area (Å²) in [4.78, 5) is 12.3. The van der Waals surface area contributed by atoms with Crippen molar-refractivity contribution in [3.63, 3.8) is 0 Å². The van der Waals surface area contributed by atoms with Crippen LogP contribution in [-0.4, -0.2) is 5.78 Å². The fraction of sp³-hybridized carbons (Fsp3) is 0.278. The van der Waals surface area contributed by atoms with E-state index < -0.39 is 0 Å². The smallest absolute Gasteiger partial charge is 0.167 e. The maximum absolute atomic E-state index is 12.3. The number of carbonyl (C=O) groups excluding carboxylic acids is 1. The molecule has 0 N–H and O–H groups in total. The summed E-state index contributed by atoms with van der Waals surface area (Å²) in [5.41, 5.74) is 3.25. The number of hydrogen-bond acceptors (Lipinski definition) is 1. The van der Waals surface area contributed by atoms with Crippen LogP contribution < -0.4 is 0 Å². The molecule has 0 heterocycles. The Morgan fingerprint density at radius 3 is 2.45 bits per heavy atom. The first-order chi connectivity index (χ1) is 9.72. The van der Waals surface area contributed by atoms with Crippen molar-refractivity contribution in [2.45, 2.75) is 31.6 Å². The van der Waals surface area contributed by atoms with Gasteiger partial charge in [-0.25, -0.2) is 0 Å². The van der Waals surface area contributed by atoms with Crippen LogP contribution in [0.15, 0.2) is 53.0 Å². The van der Waals surface area contributed by atoms with Crippen LogP contribution in [0.4, 0.5) is 0 Å². The third-order valence-electron chi connectivity index (χ3n) is 4.06. The highest BCUT2D eigenvalue weighted by Crippen LogP contribution is 2.36. The standard InChI is InChI=1S/C18H17BrO/c19-17-6-1-3-13(11-17)12-18(20)16-9-7-15(8-10-16)14-4-2-5-14/h1,3,6-11,14H,2,4-5,12H2. The highest BCUT2D eigenvalue weighted by molar-refractivity contribution is 9.10. The molecule has 1 aliphatic rings. The van der Waals surface area contributed by atoms with Crippen LogP contribution in [0.1, 0.15) is 46.7 Å². The van der Waals surface area contributed by atoms with Gasteiger partial charge >= 0.3 is 0 Å². The number of carbonyl (C=O) groups is 1. The Labute approximate surface area is 128 Å². The van der Waals surface area contributed by atoms with Crippen molar-refractivity contribution in [3.05, 3.63) is 69.7 Å². The second-order valence-electron chi connectivity index (χ2n) is 5.48. The Balaban J connectivity index is 1.70. The van der Waals surface area contributed by atoms with Gasteiger partial charge < -0.3 is 0 Å². The number of hydrogen-bond donors (Lipinski definition) is 0. The van der Waals surface area contributed by atoms with E-state index in [0.29, 0.717) is 6.42 Å². The van der Waals surface area contributed by atoms with Gasteiger partial charge in [-0.3, -0.25) is 4.79 Å². The first-order valence-electron chi connectivity index (χ1n) is 7.10. The number of rotatable bonds is 4. The zero-order valence-corrected chi connectivity index (χ0v) is 12.9. The van der Waals surface area contributed by atoms with Gasteiger partial charge in [0.25, 0.3) is 0 Å². The maximum Gasteiger partial charge on any atom is 0.167 e. The lowest BCUT2D eigenvalue weighted by Crippen LogP contribution is -2.09. The lowest BCUT2D eigenvalue weighted by Gasteiger charge is -2.25. The van der Waals surface area contributed by atoms with E-state index in [1.807, 2.05) is 36.4 Å². The molecule has 0 bridgehead atoms. The molecule has 102 valence electrons. The molecular formula is C18H17BrO. The highest BCUT2D eigenvalue weighted by Gasteiger charge is 2.19. The first kappa shape index (κ1) is 13.6. The number of ketones is 1. The maximum atomic E-state index is 12.3. The Hall–Kier alpha value is -1.41. The summed E-state index contributed by atoms with van der Waals surface area (Å²) in [6.07, 6.45) is 4.40. The minimum Gasteiger partial charge on any atom is -0.294 e. The summed E-state index contributed by atoms with van der Waals surface area (Å²) < 4.78 is 1.02. The van der Waals surface area contributed by atoms with Crippen LogP contribution in [0.25, 0.3) is 0 Å². The minimum atomic E-state index is 0.184. The van der Waals surface area contributed by atoms with E-state index in [9.17, 15) is 4.79 Å². The van der Waals surface area contributed by atoms with Crippen molar-refractivity contribution in [1.82, 2.24) is 0 Å². The Kier molecular flexibility index (Phi) is 4.02. The molecule has 0 atom stereocenters. The lowest BCUT2D eigenvalue weighted by molar-refractivity contribution is 0.0993. The molecule has 2 aromatic carbocycles. The molecule has 2 heteroatoms. The van der Waals surface area contributed by atoms with E-state index in [0.717, 1.165) is 21.5 Å². The Morgan fingerprint density at radius 2 is 1.85 bits per heavy atom. The van der Waals surface area contributed by atoms with Crippen molar-refractivity contribution >= 4 is 21.7 Å². The van der Waals surface area contributed by atoms with E-state index in [1.54, 1.807) is 0 Å². The van der Waals surface area contributed by atoms with Crippen molar-refractivity contribution < 1.29 is 4.79 Å². The number of Topliss-reactive ketones (excluding diaryl/α,β-unsaturated/α-hetero) is 1. The zero-order chi connectivity index (χ0) is 13.9. The summed E-state index contributed by atoms with van der Waals surface area (Å²) in [5, 5.41) is 0. The average molecular weight is 329 g/mol. The largest absolute Gasteiger partial charge is 0.294 e. The molecule has 2 aromatic rings. The van der Waals surface area contributed by atoms with Gasteiger partial charge in [0.2, 0.25) is 0 Å². The molecule has 0 saturated heterocycles. The predicted molar refractivity (Wildman–Crippen MR) is 85.2 cm³/mol. The van der Waals surface area contributed by atoms with E-state index in [1.165, 1.54) is 24.8 Å². The molecule has 1 aliphatic carbocycles. The average Bonchev–Trinajstić information content (AvgIpc) is 2.37. The third kappa shape index (κ3) is 3.01. The lowest BCUT2D eigenvalue weighted by atomic mass is 9.80. The van der Waals surface area contributed by atoms with Crippen LogP contribution in [0.5, 0.6) is 0 Å². The van der Waals surface area contributed by atoms with Crippen LogP contribution in [0, 0.1) is 0 Å². The van der Waals surface area contributed by atoms with Gasteiger partial charge in [-0.1, -0.05) is 58.7 Å². The summed E-state index contributed by atoms with van der Waals surface area (Å²) >= 11 is 3.44. The monoisotopic (exact) mass is 328 g/mol. The summed E-state index contributed by atoms with van der Waals surface area (Å²) in [6.45, 7) is 0. The molecule has 0 aromatic heterocycles. The molecule has 0 radical (unpaired) electrons. The van der Waals surface area contributed by atoms with E-state index in [2.05, 4.69) is 28.1 Å². The number of benzene rings is 2. The van der Waals surface area contributed by atoms with E-state index >= 15 is 0 Å². The summed E-state index contributed by atoms with van der Waals surface area (Å²) in [5.74, 6) is 0.910. The van der Waals surface area contributed by atoms with E-state index in [4.69, 9.17) is 0 Å². The highest BCUT2D eigenvalue weighted by atomic mass is 79.9. The Bertz CT molecular complexity index is 612. The van der Waals surface area contributed by atoms with E-state index in [-0.39, 0.29) is 5.78 Å². The third-order valence-corrected chi connectivity index (χ3v) is 4.56. The first-order valence-corrected chi connectivity index (χ1v) is 7.89. The van der Waals surface area contributed by atoms with Gasteiger partial charge in [-0.05, 0) is 42.0 Å². The fourth-order valence-electron chi connectivity index (χ4n) is 2.62. The van der Waals surface area contributed by atoms with Crippen LogP contribution in [0.2, 0.25) is 0 Å². The molecule has 1 nitrogen and oxygen atoms in total. The van der Waals surface area contributed by atoms with Gasteiger partial charge in [0.1, 0.15) is 0 Å². The fourth-order valence-corrected chi connectivity index (χ4v) is 3.06. The van der Waals surface area contributed by atoms with Gasteiger partial charge in [0.15, 0.2) is 5.78 Å². The molecule has 0 spiro atoms. The van der Waals surface area contributed by atoms with Crippen molar-refractivity contribution in [2.75, 3.05) is 0 Å². The van der Waals surface area contributed by atoms with Gasteiger partial charge in [0.05, 0.1) is 0 Å².